The highest BCUT2D eigenvalue weighted by atomic mass is 79.9. The molecule has 5 nitrogen and oxygen atoms in total. The van der Waals surface area contributed by atoms with Gasteiger partial charge in [-0.25, -0.2) is 0 Å². The molecule has 1 aromatic rings. The number of amides is 2. The van der Waals surface area contributed by atoms with Gasteiger partial charge in [-0.05, 0) is 30.7 Å². The molecule has 0 aliphatic carbocycles. The zero-order valence-corrected chi connectivity index (χ0v) is 14.5. The molecule has 0 unspecified atom stereocenters. The molecular formula is C15H16BrN3O2S. The van der Waals surface area contributed by atoms with Crippen LogP contribution in [0.3, 0.4) is 0 Å². The van der Waals surface area contributed by atoms with Gasteiger partial charge in [0.2, 0.25) is 11.8 Å². The molecule has 2 heterocycles. The number of hydrogen-bond donors (Lipinski definition) is 1. The number of halogens is 1. The first kappa shape index (κ1) is 15.6. The van der Waals surface area contributed by atoms with E-state index in [2.05, 4.69) is 26.2 Å². The molecule has 0 saturated carbocycles. The van der Waals surface area contributed by atoms with E-state index in [-0.39, 0.29) is 24.2 Å². The molecule has 2 aliphatic rings. The van der Waals surface area contributed by atoms with Gasteiger partial charge in [-0.15, -0.1) is 0 Å². The molecule has 7 heteroatoms. The lowest BCUT2D eigenvalue weighted by atomic mass is 10.1. The molecule has 0 aromatic heterocycles. The molecule has 1 aromatic carbocycles. The number of hydrogen-bond acceptors (Lipinski definition) is 4. The molecule has 116 valence electrons. The lowest BCUT2D eigenvalue weighted by molar-refractivity contribution is -0.125. The van der Waals surface area contributed by atoms with Gasteiger partial charge in [0.25, 0.3) is 0 Å². The van der Waals surface area contributed by atoms with Gasteiger partial charge in [-0.1, -0.05) is 27.7 Å². The second kappa shape index (κ2) is 6.42. The van der Waals surface area contributed by atoms with Gasteiger partial charge >= 0.3 is 0 Å². The number of anilines is 1. The number of carbonyl (C=O) groups is 2. The molecule has 3 rings (SSSR count). The normalized spacial score (nSPS) is 21.2. The summed E-state index contributed by atoms with van der Waals surface area (Å²) in [5, 5.41) is 3.50. The van der Waals surface area contributed by atoms with Crippen LogP contribution in [-0.2, 0) is 9.59 Å². The van der Waals surface area contributed by atoms with Gasteiger partial charge in [0.1, 0.15) is 0 Å². The van der Waals surface area contributed by atoms with E-state index in [0.717, 1.165) is 28.0 Å². The molecule has 1 N–H and O–H groups in total. The zero-order valence-electron chi connectivity index (χ0n) is 12.1. The first-order chi connectivity index (χ1) is 10.5. The van der Waals surface area contributed by atoms with E-state index in [1.165, 1.54) is 0 Å². The molecular weight excluding hydrogens is 366 g/mol. The van der Waals surface area contributed by atoms with Crippen molar-refractivity contribution in [2.24, 2.45) is 10.9 Å². The number of nitrogens with one attached hydrogen (secondary N) is 1. The summed E-state index contributed by atoms with van der Waals surface area (Å²) in [4.78, 5) is 30.4. The summed E-state index contributed by atoms with van der Waals surface area (Å²) in [5.41, 5.74) is 1.91. The molecule has 1 atom stereocenters. The number of rotatable bonds is 2. The third-order valence-corrected chi connectivity index (χ3v) is 5.55. The standard InChI is InChI=1S/C15H16BrN3O2S/c1-9-6-11(2-3-12(9)16)19-8-10(7-13(19)20)14(21)18-15-17-4-5-22-15/h2-3,6,10H,4-5,7-8H2,1H3,(H,17,18,21)/t10-/m1/s1. The topological polar surface area (TPSA) is 61.8 Å². The maximum Gasteiger partial charge on any atom is 0.231 e. The number of benzene rings is 1. The van der Waals surface area contributed by atoms with Crippen molar-refractivity contribution in [3.05, 3.63) is 28.2 Å². The molecule has 2 amide bonds. The molecule has 0 radical (unpaired) electrons. The Morgan fingerprint density at radius 3 is 3.00 bits per heavy atom. The van der Waals surface area contributed by atoms with Crippen molar-refractivity contribution in [2.75, 3.05) is 23.7 Å². The van der Waals surface area contributed by atoms with Crippen molar-refractivity contribution in [1.82, 2.24) is 5.32 Å². The van der Waals surface area contributed by atoms with Gasteiger partial charge in [0.15, 0.2) is 5.17 Å². The van der Waals surface area contributed by atoms with Crippen molar-refractivity contribution in [3.8, 4) is 0 Å². The summed E-state index contributed by atoms with van der Waals surface area (Å²) in [6.45, 7) is 3.14. The lowest BCUT2D eigenvalue weighted by Gasteiger charge is -2.17. The fraction of sp³-hybridized carbons (Fsp3) is 0.400. The summed E-state index contributed by atoms with van der Waals surface area (Å²) < 4.78 is 1.01. The summed E-state index contributed by atoms with van der Waals surface area (Å²) in [5.74, 6) is 0.463. The maximum atomic E-state index is 12.3. The Hall–Kier alpha value is -1.34. The summed E-state index contributed by atoms with van der Waals surface area (Å²) >= 11 is 5.00. The van der Waals surface area contributed by atoms with E-state index in [0.29, 0.717) is 11.7 Å². The van der Waals surface area contributed by atoms with E-state index in [9.17, 15) is 9.59 Å². The number of aryl methyl sites for hydroxylation is 1. The summed E-state index contributed by atoms with van der Waals surface area (Å²) in [7, 11) is 0. The monoisotopic (exact) mass is 381 g/mol. The van der Waals surface area contributed by atoms with Crippen LogP contribution in [0.2, 0.25) is 0 Å². The molecule has 2 aliphatic heterocycles. The van der Waals surface area contributed by atoms with Gasteiger partial charge in [-0.3, -0.25) is 14.6 Å². The number of nitrogens with zero attached hydrogens (tertiary/aromatic N) is 2. The molecule has 1 saturated heterocycles. The van der Waals surface area contributed by atoms with E-state index >= 15 is 0 Å². The van der Waals surface area contributed by atoms with Crippen LogP contribution in [0.15, 0.2) is 27.7 Å². The number of carbonyl (C=O) groups excluding carboxylic acids is 2. The van der Waals surface area contributed by atoms with Crippen molar-refractivity contribution < 1.29 is 9.59 Å². The first-order valence-corrected chi connectivity index (χ1v) is 8.87. The third-order valence-electron chi connectivity index (χ3n) is 3.76. The van der Waals surface area contributed by atoms with Crippen LogP contribution in [0, 0.1) is 12.8 Å². The smallest absolute Gasteiger partial charge is 0.231 e. The largest absolute Gasteiger partial charge is 0.312 e. The Kier molecular flexibility index (Phi) is 4.54. The number of thioether (sulfide) groups is 1. The minimum absolute atomic E-state index is 0.0112. The van der Waals surface area contributed by atoms with E-state index < -0.39 is 0 Å². The highest BCUT2D eigenvalue weighted by molar-refractivity contribution is 9.10. The van der Waals surface area contributed by atoms with E-state index in [1.807, 2.05) is 25.1 Å². The Morgan fingerprint density at radius 2 is 2.32 bits per heavy atom. The Balaban J connectivity index is 1.69. The summed E-state index contributed by atoms with van der Waals surface area (Å²) in [6, 6.07) is 5.78. The highest BCUT2D eigenvalue weighted by Gasteiger charge is 2.35. The highest BCUT2D eigenvalue weighted by Crippen LogP contribution is 2.28. The summed E-state index contributed by atoms with van der Waals surface area (Å²) in [6.07, 6.45) is 0.249. The van der Waals surface area contributed by atoms with Gasteiger partial charge in [0.05, 0.1) is 12.5 Å². The van der Waals surface area contributed by atoms with Gasteiger partial charge in [-0.2, -0.15) is 0 Å². The van der Waals surface area contributed by atoms with Crippen LogP contribution in [0.25, 0.3) is 0 Å². The van der Waals surface area contributed by atoms with Crippen LogP contribution in [0.5, 0.6) is 0 Å². The van der Waals surface area contributed by atoms with Crippen LogP contribution < -0.4 is 10.2 Å². The Labute approximate surface area is 141 Å². The fourth-order valence-electron chi connectivity index (χ4n) is 2.55. The minimum Gasteiger partial charge on any atom is -0.312 e. The minimum atomic E-state index is -0.319. The number of amidine groups is 1. The van der Waals surface area contributed by atoms with Gasteiger partial charge in [0, 0.05) is 28.9 Å². The average molecular weight is 382 g/mol. The SMILES string of the molecule is Cc1cc(N2C[C@H](C(=O)NC3=NCCS3)CC2=O)ccc1Br. The van der Waals surface area contributed by atoms with Crippen molar-refractivity contribution in [2.45, 2.75) is 13.3 Å². The maximum absolute atomic E-state index is 12.3. The average Bonchev–Trinajstić information content (AvgIpc) is 3.11. The number of aliphatic imine (C=N–C) groups is 1. The lowest BCUT2D eigenvalue weighted by Crippen LogP contribution is -2.35. The Morgan fingerprint density at radius 1 is 1.50 bits per heavy atom. The van der Waals surface area contributed by atoms with E-state index in [1.54, 1.807) is 16.7 Å². The predicted octanol–water partition coefficient (Wildman–Crippen LogP) is 2.33. The van der Waals surface area contributed by atoms with Crippen LogP contribution >= 0.6 is 27.7 Å². The van der Waals surface area contributed by atoms with Crippen LogP contribution in [-0.4, -0.2) is 35.8 Å². The van der Waals surface area contributed by atoms with E-state index in [4.69, 9.17) is 0 Å². The van der Waals surface area contributed by atoms with Crippen LogP contribution in [0.4, 0.5) is 5.69 Å². The second-order valence-corrected chi connectivity index (χ2v) is 7.30. The third kappa shape index (κ3) is 3.20. The molecule has 0 bridgehead atoms. The molecule has 0 spiro atoms. The second-order valence-electron chi connectivity index (χ2n) is 5.36. The molecule has 22 heavy (non-hydrogen) atoms. The van der Waals surface area contributed by atoms with Crippen molar-refractivity contribution in [3.63, 3.8) is 0 Å². The zero-order chi connectivity index (χ0) is 15.7. The van der Waals surface area contributed by atoms with Crippen LogP contribution in [0.1, 0.15) is 12.0 Å². The van der Waals surface area contributed by atoms with Gasteiger partial charge < -0.3 is 10.2 Å². The molecule has 1 fully saturated rings. The fourth-order valence-corrected chi connectivity index (χ4v) is 3.53. The van der Waals surface area contributed by atoms with Crippen molar-refractivity contribution in [1.29, 1.82) is 0 Å². The quantitative estimate of drug-likeness (QED) is 0.854. The first-order valence-electron chi connectivity index (χ1n) is 7.09. The predicted molar refractivity (Wildman–Crippen MR) is 92.2 cm³/mol. The Bertz CT molecular complexity index is 662. The van der Waals surface area contributed by atoms with Crippen molar-refractivity contribution >= 4 is 50.4 Å².